The summed E-state index contributed by atoms with van der Waals surface area (Å²) in [7, 11) is -1.92. The van der Waals surface area contributed by atoms with Crippen molar-refractivity contribution in [3.63, 3.8) is 0 Å². The largest absolute Gasteiger partial charge is 0.496 e. The van der Waals surface area contributed by atoms with Gasteiger partial charge < -0.3 is 9.64 Å². The zero-order valence-electron chi connectivity index (χ0n) is 20.3. The number of hydrogen-bond donors (Lipinski definition) is 0. The zero-order valence-corrected chi connectivity index (χ0v) is 21.9. The van der Waals surface area contributed by atoms with E-state index in [0.717, 1.165) is 23.9 Å². The van der Waals surface area contributed by atoms with Crippen LogP contribution in [0, 0.1) is 0 Å². The van der Waals surface area contributed by atoms with Crippen LogP contribution in [0.1, 0.15) is 24.2 Å². The van der Waals surface area contributed by atoms with Crippen molar-refractivity contribution in [2.24, 2.45) is 0 Å². The third-order valence-corrected chi connectivity index (χ3v) is 8.25. The van der Waals surface area contributed by atoms with Crippen molar-refractivity contribution in [3.8, 4) is 5.75 Å². The van der Waals surface area contributed by atoms with E-state index in [-0.39, 0.29) is 10.8 Å². The van der Waals surface area contributed by atoms with Crippen molar-refractivity contribution in [1.29, 1.82) is 0 Å². The molecule has 35 heavy (non-hydrogen) atoms. The second-order valence-electron chi connectivity index (χ2n) is 8.25. The van der Waals surface area contributed by atoms with Crippen LogP contribution in [0.2, 0.25) is 0 Å². The number of amides is 1. The summed E-state index contributed by atoms with van der Waals surface area (Å²) >= 11 is 1.31. The first-order valence-corrected chi connectivity index (χ1v) is 14.2. The van der Waals surface area contributed by atoms with Crippen LogP contribution in [0.3, 0.4) is 0 Å². The van der Waals surface area contributed by atoms with Crippen LogP contribution in [0.25, 0.3) is 21.0 Å². The molecule has 3 aromatic carbocycles. The third kappa shape index (κ3) is 5.17. The van der Waals surface area contributed by atoms with Gasteiger partial charge >= 0.3 is 0 Å². The summed E-state index contributed by atoms with van der Waals surface area (Å²) in [6.45, 7) is 6.94. The number of para-hydroxylation sites is 1. The summed E-state index contributed by atoms with van der Waals surface area (Å²) in [6, 6.07) is 16.6. The van der Waals surface area contributed by atoms with Gasteiger partial charge in [0, 0.05) is 19.3 Å². The number of ether oxygens (including phenoxy) is 1. The number of nitrogens with zero attached hydrogens (tertiary/aromatic N) is 3. The fraction of sp³-hybridized carbons (Fsp3) is 0.308. The van der Waals surface area contributed by atoms with Gasteiger partial charge in [-0.1, -0.05) is 55.5 Å². The minimum absolute atomic E-state index is 0.164. The number of thiazole rings is 1. The van der Waals surface area contributed by atoms with Crippen LogP contribution in [0.5, 0.6) is 5.75 Å². The fourth-order valence-corrected chi connectivity index (χ4v) is 6.01. The highest BCUT2D eigenvalue weighted by atomic mass is 32.2. The van der Waals surface area contributed by atoms with E-state index < -0.39 is 9.84 Å². The zero-order chi connectivity index (χ0) is 25.2. The predicted octanol–water partition coefficient (Wildman–Crippen LogP) is 4.85. The number of anilines is 1. The lowest BCUT2D eigenvalue weighted by Crippen LogP contribution is -2.39. The van der Waals surface area contributed by atoms with Crippen LogP contribution in [0.4, 0.5) is 5.13 Å². The van der Waals surface area contributed by atoms with E-state index in [1.54, 1.807) is 24.1 Å². The Bertz CT molecular complexity index is 1480. The van der Waals surface area contributed by atoms with Gasteiger partial charge in [0.05, 0.1) is 22.3 Å². The first-order valence-electron chi connectivity index (χ1n) is 11.5. The van der Waals surface area contributed by atoms with Gasteiger partial charge in [-0.05, 0) is 48.1 Å². The molecule has 0 bridgehead atoms. The molecular formula is C26H29N3O4S2. The minimum atomic E-state index is -3.47. The number of hydrogen-bond acceptors (Lipinski definition) is 7. The molecule has 0 aliphatic carbocycles. The van der Waals surface area contributed by atoms with Gasteiger partial charge in [-0.3, -0.25) is 9.69 Å². The maximum Gasteiger partial charge on any atom is 0.263 e. The molecule has 0 radical (unpaired) electrons. The van der Waals surface area contributed by atoms with Gasteiger partial charge in [0.1, 0.15) is 11.3 Å². The van der Waals surface area contributed by atoms with E-state index in [9.17, 15) is 13.2 Å². The lowest BCUT2D eigenvalue weighted by Gasteiger charge is -2.25. The molecule has 0 fully saturated rings. The van der Waals surface area contributed by atoms with Crippen LogP contribution in [0.15, 0.2) is 59.5 Å². The summed E-state index contributed by atoms with van der Waals surface area (Å²) in [5.74, 6) is 0.249. The van der Waals surface area contributed by atoms with E-state index in [4.69, 9.17) is 4.74 Å². The van der Waals surface area contributed by atoms with Crippen molar-refractivity contribution in [3.05, 3.63) is 60.2 Å². The van der Waals surface area contributed by atoms with E-state index in [1.165, 1.54) is 17.6 Å². The molecule has 0 N–H and O–H groups in total. The van der Waals surface area contributed by atoms with Crippen molar-refractivity contribution >= 4 is 53.2 Å². The van der Waals surface area contributed by atoms with Crippen LogP contribution in [-0.2, 0) is 9.84 Å². The van der Waals surface area contributed by atoms with Gasteiger partial charge in [-0.15, -0.1) is 0 Å². The SMILES string of the molecule is CCN(CC)CCN(C(=O)c1cc2ccccc2cc1OC)c1nc2c(S(C)(=O)=O)cccc2s1. The molecule has 0 unspecified atom stereocenters. The molecule has 0 saturated carbocycles. The lowest BCUT2D eigenvalue weighted by atomic mass is 10.0. The molecule has 1 aromatic heterocycles. The Morgan fingerprint density at radius 2 is 1.69 bits per heavy atom. The number of fused-ring (bicyclic) bond motifs is 2. The van der Waals surface area contributed by atoms with E-state index in [1.807, 2.05) is 42.5 Å². The molecule has 0 atom stereocenters. The predicted molar refractivity (Wildman–Crippen MR) is 143 cm³/mol. The van der Waals surface area contributed by atoms with E-state index in [0.29, 0.717) is 39.8 Å². The van der Waals surface area contributed by atoms with Gasteiger partial charge in [0.25, 0.3) is 5.91 Å². The molecule has 9 heteroatoms. The van der Waals surface area contributed by atoms with E-state index >= 15 is 0 Å². The summed E-state index contributed by atoms with van der Waals surface area (Å²) in [5.41, 5.74) is 0.828. The number of carbonyl (C=O) groups is 1. The Hall–Kier alpha value is -3.01. The molecule has 4 aromatic rings. The third-order valence-electron chi connectivity index (χ3n) is 6.08. The van der Waals surface area contributed by atoms with Crippen molar-refractivity contribution in [1.82, 2.24) is 9.88 Å². The Morgan fingerprint density at radius 3 is 2.31 bits per heavy atom. The number of methoxy groups -OCH3 is 1. The molecule has 1 amide bonds. The maximum absolute atomic E-state index is 14.0. The Balaban J connectivity index is 1.84. The smallest absolute Gasteiger partial charge is 0.263 e. The maximum atomic E-state index is 14.0. The Kier molecular flexibility index (Phi) is 7.39. The molecule has 0 aliphatic rings. The standard InChI is InChI=1S/C26H29N3O4S2/c1-5-28(6-2)14-15-29(26-27-24-22(34-26)12-9-13-23(24)35(4,31)32)25(30)20-16-18-10-7-8-11-19(18)17-21(20)33-3/h7-13,16-17H,5-6,14-15H2,1-4H3. The number of likely N-dealkylation sites (N-methyl/N-ethyl adjacent to an activating group) is 1. The van der Waals surface area contributed by atoms with Gasteiger partial charge in [-0.25, -0.2) is 13.4 Å². The van der Waals surface area contributed by atoms with Crippen LogP contribution < -0.4 is 9.64 Å². The second kappa shape index (κ2) is 10.3. The van der Waals surface area contributed by atoms with Crippen molar-refractivity contribution in [2.45, 2.75) is 18.7 Å². The fourth-order valence-electron chi connectivity index (χ4n) is 4.09. The number of benzene rings is 3. The first-order chi connectivity index (χ1) is 16.8. The lowest BCUT2D eigenvalue weighted by molar-refractivity contribution is 0.0981. The normalized spacial score (nSPS) is 11.9. The molecule has 4 rings (SSSR count). The highest BCUT2D eigenvalue weighted by molar-refractivity contribution is 7.91. The molecular weight excluding hydrogens is 482 g/mol. The average molecular weight is 512 g/mol. The number of aromatic nitrogens is 1. The summed E-state index contributed by atoms with van der Waals surface area (Å²) in [6.07, 6.45) is 1.17. The summed E-state index contributed by atoms with van der Waals surface area (Å²) in [4.78, 5) is 22.7. The monoisotopic (exact) mass is 511 g/mol. The molecule has 0 saturated heterocycles. The quantitative estimate of drug-likeness (QED) is 0.320. The van der Waals surface area contributed by atoms with Crippen LogP contribution >= 0.6 is 11.3 Å². The van der Waals surface area contributed by atoms with Gasteiger partial charge in [-0.2, -0.15) is 0 Å². The highest BCUT2D eigenvalue weighted by Crippen LogP contribution is 2.35. The first kappa shape index (κ1) is 25.1. The number of sulfone groups is 1. The van der Waals surface area contributed by atoms with Gasteiger partial charge in [0.15, 0.2) is 15.0 Å². The highest BCUT2D eigenvalue weighted by Gasteiger charge is 2.26. The molecule has 0 spiro atoms. The molecule has 7 nitrogen and oxygen atoms in total. The molecule has 184 valence electrons. The number of carbonyl (C=O) groups excluding carboxylic acids is 1. The Labute approximate surface area is 209 Å². The average Bonchev–Trinajstić information content (AvgIpc) is 3.28. The van der Waals surface area contributed by atoms with Crippen molar-refractivity contribution < 1.29 is 17.9 Å². The Morgan fingerprint density at radius 1 is 1.00 bits per heavy atom. The number of rotatable bonds is 9. The molecule has 1 heterocycles. The second-order valence-corrected chi connectivity index (χ2v) is 11.2. The minimum Gasteiger partial charge on any atom is -0.496 e. The van der Waals surface area contributed by atoms with Gasteiger partial charge in [0.2, 0.25) is 0 Å². The topological polar surface area (TPSA) is 79.8 Å². The molecule has 0 aliphatic heterocycles. The van der Waals surface area contributed by atoms with Crippen molar-refractivity contribution in [2.75, 3.05) is 44.4 Å². The summed E-state index contributed by atoms with van der Waals surface area (Å²) in [5, 5.41) is 2.38. The summed E-state index contributed by atoms with van der Waals surface area (Å²) < 4.78 is 31.0. The van der Waals surface area contributed by atoms with Crippen LogP contribution in [-0.4, -0.2) is 63.8 Å². The van der Waals surface area contributed by atoms with E-state index in [2.05, 4.69) is 23.7 Å².